The summed E-state index contributed by atoms with van der Waals surface area (Å²) >= 11 is 3.36. The Morgan fingerprint density at radius 3 is 2.75 bits per heavy atom. The minimum Gasteiger partial charge on any atom is -0.497 e. The molecule has 0 saturated carbocycles. The summed E-state index contributed by atoms with van der Waals surface area (Å²) in [6.07, 6.45) is 3.20. The van der Waals surface area contributed by atoms with Crippen molar-refractivity contribution in [1.29, 1.82) is 0 Å². The molecular weight excluding hydrogens is 440 g/mol. The second-order valence-electron chi connectivity index (χ2n) is 8.06. The molecule has 1 amide bonds. The van der Waals surface area contributed by atoms with Crippen LogP contribution in [0.4, 0.5) is 5.00 Å². The fourth-order valence-electron chi connectivity index (χ4n) is 4.21. The lowest BCUT2D eigenvalue weighted by atomic mass is 9.88. The van der Waals surface area contributed by atoms with Gasteiger partial charge in [0.15, 0.2) is 0 Å². The number of aromatic nitrogens is 1. The predicted molar refractivity (Wildman–Crippen MR) is 132 cm³/mol. The van der Waals surface area contributed by atoms with E-state index in [2.05, 4.69) is 18.3 Å². The van der Waals surface area contributed by atoms with Crippen LogP contribution in [0.3, 0.4) is 0 Å². The summed E-state index contributed by atoms with van der Waals surface area (Å²) in [7, 11) is 3.15. The molecule has 5 rings (SSSR count). The van der Waals surface area contributed by atoms with Crippen LogP contribution in [-0.4, -0.2) is 25.1 Å². The Morgan fingerprint density at radius 2 is 1.97 bits per heavy atom. The largest absolute Gasteiger partial charge is 0.497 e. The number of hydrogen-bond donors (Lipinski definition) is 1. The van der Waals surface area contributed by atoms with E-state index in [1.165, 1.54) is 10.4 Å². The van der Waals surface area contributed by atoms with Gasteiger partial charge in [-0.15, -0.1) is 22.7 Å². The maximum Gasteiger partial charge on any atom is 0.260 e. The van der Waals surface area contributed by atoms with Gasteiger partial charge in [-0.2, -0.15) is 0 Å². The van der Waals surface area contributed by atoms with Crippen molar-refractivity contribution in [3.8, 4) is 22.1 Å². The highest BCUT2D eigenvalue weighted by molar-refractivity contribution is 7.23. The van der Waals surface area contributed by atoms with Crippen molar-refractivity contribution >= 4 is 43.8 Å². The van der Waals surface area contributed by atoms with Crippen LogP contribution in [0.5, 0.6) is 11.5 Å². The molecule has 164 valence electrons. The lowest BCUT2D eigenvalue weighted by molar-refractivity contribution is 0.102. The van der Waals surface area contributed by atoms with Crippen molar-refractivity contribution < 1.29 is 14.3 Å². The Labute approximate surface area is 195 Å². The number of fused-ring (bicyclic) bond motifs is 2. The molecule has 4 aromatic rings. The number of benzene rings is 2. The summed E-state index contributed by atoms with van der Waals surface area (Å²) < 4.78 is 11.9. The highest BCUT2D eigenvalue weighted by atomic mass is 32.1. The van der Waals surface area contributed by atoms with Gasteiger partial charge in [-0.25, -0.2) is 4.98 Å². The molecule has 0 fully saturated rings. The molecule has 1 N–H and O–H groups in total. The quantitative estimate of drug-likeness (QED) is 0.370. The van der Waals surface area contributed by atoms with Crippen LogP contribution < -0.4 is 14.8 Å². The minimum absolute atomic E-state index is 0.213. The van der Waals surface area contributed by atoms with Crippen molar-refractivity contribution in [2.45, 2.75) is 26.2 Å². The first kappa shape index (κ1) is 21.0. The third-order valence-corrected chi connectivity index (χ3v) is 8.12. The second-order valence-corrected chi connectivity index (χ2v) is 10.2. The molecule has 0 bridgehead atoms. The summed E-state index contributed by atoms with van der Waals surface area (Å²) in [5.41, 5.74) is 3.85. The van der Waals surface area contributed by atoms with E-state index in [1.54, 1.807) is 55.1 Å². The summed E-state index contributed by atoms with van der Waals surface area (Å²) in [6.45, 7) is 2.29. The first-order chi connectivity index (χ1) is 15.6. The fourth-order valence-corrected chi connectivity index (χ4v) is 6.72. The van der Waals surface area contributed by atoms with E-state index < -0.39 is 0 Å². The molecule has 32 heavy (non-hydrogen) atoms. The number of nitrogens with one attached hydrogen (secondary N) is 1. The van der Waals surface area contributed by atoms with Gasteiger partial charge in [0.25, 0.3) is 5.91 Å². The Morgan fingerprint density at radius 1 is 1.12 bits per heavy atom. The fraction of sp³-hybridized carbons (Fsp3) is 0.280. The summed E-state index contributed by atoms with van der Waals surface area (Å²) in [5.74, 6) is 1.56. The van der Waals surface area contributed by atoms with Gasteiger partial charge in [0, 0.05) is 10.4 Å². The Balaban J connectivity index is 1.59. The summed E-state index contributed by atoms with van der Waals surface area (Å²) in [5, 5.41) is 5.00. The zero-order valence-corrected chi connectivity index (χ0v) is 19.9. The molecule has 0 unspecified atom stereocenters. The molecule has 0 radical (unpaired) electrons. The summed E-state index contributed by atoms with van der Waals surface area (Å²) in [4.78, 5) is 19.6. The number of carbonyl (C=O) groups excluding carboxylic acids is 1. The second kappa shape index (κ2) is 8.56. The average molecular weight is 465 g/mol. The van der Waals surface area contributed by atoms with E-state index in [0.717, 1.165) is 45.1 Å². The summed E-state index contributed by atoms with van der Waals surface area (Å²) in [6, 6.07) is 13.4. The maximum absolute atomic E-state index is 13.3. The number of nitrogens with zero attached hydrogens (tertiary/aromatic N) is 1. The van der Waals surface area contributed by atoms with Crippen molar-refractivity contribution in [3.05, 3.63) is 58.5 Å². The zero-order chi connectivity index (χ0) is 22.2. The Kier molecular flexibility index (Phi) is 5.61. The number of thiazole rings is 1. The molecule has 0 spiro atoms. The van der Waals surface area contributed by atoms with Gasteiger partial charge in [-0.3, -0.25) is 4.79 Å². The number of carbonyl (C=O) groups is 1. The monoisotopic (exact) mass is 464 g/mol. The molecule has 0 saturated heterocycles. The SMILES string of the molecule is COc1ccc(OC)c(C(=O)Nc2sc3c(c2-c2nc4ccccc4s2)CC[C@@H](C)C3)c1. The smallest absolute Gasteiger partial charge is 0.260 e. The standard InChI is InChI=1S/C25H24N2O3S2/c1-14-8-10-16-21(12-14)32-25(22(16)24-26-18-6-4-5-7-20(18)31-24)27-23(28)17-13-15(29-2)9-11-19(17)30-3/h4-7,9,11,13-14H,8,10,12H2,1-3H3,(H,27,28)/t14-/m1/s1. The molecule has 1 aliphatic rings. The topological polar surface area (TPSA) is 60.5 Å². The number of rotatable bonds is 5. The van der Waals surface area contributed by atoms with Crippen LogP contribution in [0.2, 0.25) is 0 Å². The highest BCUT2D eigenvalue weighted by Gasteiger charge is 2.28. The van der Waals surface area contributed by atoms with Gasteiger partial charge < -0.3 is 14.8 Å². The molecular formula is C25H24N2O3S2. The number of methoxy groups -OCH3 is 2. The van der Waals surface area contributed by atoms with Gasteiger partial charge >= 0.3 is 0 Å². The van der Waals surface area contributed by atoms with Crippen LogP contribution in [0.1, 0.15) is 34.1 Å². The molecule has 2 heterocycles. The van der Waals surface area contributed by atoms with Crippen molar-refractivity contribution in [1.82, 2.24) is 4.98 Å². The van der Waals surface area contributed by atoms with E-state index >= 15 is 0 Å². The Hall–Kier alpha value is -2.90. The molecule has 5 nitrogen and oxygen atoms in total. The number of hydrogen-bond acceptors (Lipinski definition) is 6. The number of para-hydroxylation sites is 1. The molecule has 2 aromatic heterocycles. The third-order valence-electron chi connectivity index (χ3n) is 5.90. The van der Waals surface area contributed by atoms with E-state index in [9.17, 15) is 4.79 Å². The normalized spacial score (nSPS) is 15.4. The number of ether oxygens (including phenoxy) is 2. The van der Waals surface area contributed by atoms with Gasteiger partial charge in [-0.1, -0.05) is 19.1 Å². The van der Waals surface area contributed by atoms with Crippen molar-refractivity contribution in [2.24, 2.45) is 5.92 Å². The van der Waals surface area contributed by atoms with E-state index in [1.807, 2.05) is 18.2 Å². The third kappa shape index (κ3) is 3.76. The first-order valence-electron chi connectivity index (χ1n) is 10.6. The van der Waals surface area contributed by atoms with E-state index in [0.29, 0.717) is 23.0 Å². The maximum atomic E-state index is 13.3. The van der Waals surface area contributed by atoms with Gasteiger partial charge in [0.05, 0.1) is 30.0 Å². The Bertz CT molecular complexity index is 1280. The molecule has 2 aromatic carbocycles. The lowest BCUT2D eigenvalue weighted by Gasteiger charge is -2.18. The van der Waals surface area contributed by atoms with Gasteiger partial charge in [-0.05, 0) is 61.1 Å². The van der Waals surface area contributed by atoms with E-state index in [-0.39, 0.29) is 5.91 Å². The van der Waals surface area contributed by atoms with Crippen LogP contribution >= 0.6 is 22.7 Å². The lowest BCUT2D eigenvalue weighted by Crippen LogP contribution is -2.13. The van der Waals surface area contributed by atoms with Crippen LogP contribution in [0, 0.1) is 5.92 Å². The molecule has 7 heteroatoms. The number of anilines is 1. The van der Waals surface area contributed by atoms with Gasteiger partial charge in [0.2, 0.25) is 0 Å². The average Bonchev–Trinajstić information content (AvgIpc) is 3.38. The molecule has 1 atom stereocenters. The van der Waals surface area contributed by atoms with Crippen LogP contribution in [0.25, 0.3) is 20.8 Å². The van der Waals surface area contributed by atoms with E-state index in [4.69, 9.17) is 14.5 Å². The molecule has 0 aliphatic heterocycles. The number of thiophene rings is 1. The predicted octanol–water partition coefficient (Wildman–Crippen LogP) is 6.42. The van der Waals surface area contributed by atoms with Crippen LogP contribution in [-0.2, 0) is 12.8 Å². The first-order valence-corrected chi connectivity index (χ1v) is 12.2. The number of amides is 1. The molecule has 1 aliphatic carbocycles. The van der Waals surface area contributed by atoms with Crippen LogP contribution in [0.15, 0.2) is 42.5 Å². The highest BCUT2D eigenvalue weighted by Crippen LogP contribution is 2.47. The minimum atomic E-state index is -0.213. The van der Waals surface area contributed by atoms with Gasteiger partial charge in [0.1, 0.15) is 21.5 Å². The zero-order valence-electron chi connectivity index (χ0n) is 18.2. The van der Waals surface area contributed by atoms with Crippen molar-refractivity contribution in [2.75, 3.05) is 19.5 Å². The van der Waals surface area contributed by atoms with Crippen molar-refractivity contribution in [3.63, 3.8) is 0 Å².